The van der Waals surface area contributed by atoms with Crippen LogP contribution in [0.4, 0.5) is 0 Å². The van der Waals surface area contributed by atoms with E-state index in [4.69, 9.17) is 11.6 Å². The summed E-state index contributed by atoms with van der Waals surface area (Å²) in [5, 5.41) is 0.522. The fourth-order valence-electron chi connectivity index (χ4n) is 1.86. The highest BCUT2D eigenvalue weighted by molar-refractivity contribution is 8.00. The Morgan fingerprint density at radius 1 is 1.10 bits per heavy atom. The molecule has 2 aromatic carbocycles. The van der Waals surface area contributed by atoms with E-state index in [0.717, 1.165) is 4.90 Å². The van der Waals surface area contributed by atoms with Gasteiger partial charge in [-0.25, -0.2) is 0 Å². The minimum absolute atomic E-state index is 0.0635. The zero-order valence-electron chi connectivity index (χ0n) is 11.6. The van der Waals surface area contributed by atoms with Crippen LogP contribution in [0.1, 0.15) is 35.7 Å². The Bertz CT molecular complexity index is 590. The van der Waals surface area contributed by atoms with Gasteiger partial charge in [-0.2, -0.15) is 0 Å². The van der Waals surface area contributed by atoms with E-state index in [1.54, 1.807) is 23.9 Å². The van der Waals surface area contributed by atoms with Crippen molar-refractivity contribution in [2.75, 3.05) is 5.75 Å². The van der Waals surface area contributed by atoms with Crippen LogP contribution in [-0.4, -0.2) is 11.5 Å². The number of thioether (sulfide) groups is 1. The van der Waals surface area contributed by atoms with E-state index >= 15 is 0 Å². The highest BCUT2D eigenvalue weighted by Gasteiger charge is 2.10. The summed E-state index contributed by atoms with van der Waals surface area (Å²) < 4.78 is 0. The maximum Gasteiger partial charge on any atom is 0.174 e. The minimum atomic E-state index is 0.0635. The first kappa shape index (κ1) is 15.1. The minimum Gasteiger partial charge on any atom is -0.293 e. The average molecular weight is 305 g/mol. The molecule has 0 N–H and O–H groups in total. The largest absolute Gasteiger partial charge is 0.293 e. The van der Waals surface area contributed by atoms with Crippen LogP contribution in [0.15, 0.2) is 53.4 Å². The molecule has 1 nitrogen and oxygen atoms in total. The normalized spacial score (nSPS) is 10.8. The third-order valence-corrected chi connectivity index (χ3v) is 4.43. The number of rotatable bonds is 5. The highest BCUT2D eigenvalue weighted by atomic mass is 35.5. The number of carbonyl (C=O) groups excluding carboxylic acids is 1. The highest BCUT2D eigenvalue weighted by Crippen LogP contribution is 2.24. The van der Waals surface area contributed by atoms with Crippen molar-refractivity contribution in [1.29, 1.82) is 0 Å². The lowest BCUT2D eigenvalue weighted by atomic mass is 10.0. The fourth-order valence-corrected chi connectivity index (χ4v) is 2.89. The molecule has 0 amide bonds. The van der Waals surface area contributed by atoms with Crippen molar-refractivity contribution in [2.45, 2.75) is 24.7 Å². The predicted molar refractivity (Wildman–Crippen MR) is 87.0 cm³/mol. The van der Waals surface area contributed by atoms with Crippen molar-refractivity contribution in [3.63, 3.8) is 0 Å². The Kier molecular flexibility index (Phi) is 5.27. The van der Waals surface area contributed by atoms with Gasteiger partial charge in [-0.05, 0) is 35.7 Å². The van der Waals surface area contributed by atoms with Gasteiger partial charge in [0.25, 0.3) is 0 Å². The molecule has 0 fully saturated rings. The summed E-state index contributed by atoms with van der Waals surface area (Å²) in [6.45, 7) is 4.34. The Balaban J connectivity index is 1.98. The Labute approximate surface area is 129 Å². The van der Waals surface area contributed by atoms with Crippen LogP contribution >= 0.6 is 23.4 Å². The average Bonchev–Trinajstić information content (AvgIpc) is 2.45. The molecule has 0 radical (unpaired) electrons. The molecule has 2 aromatic rings. The lowest BCUT2D eigenvalue weighted by Crippen LogP contribution is -2.02. The van der Waals surface area contributed by atoms with Gasteiger partial charge in [0.2, 0.25) is 0 Å². The first-order valence-electron chi connectivity index (χ1n) is 6.58. The van der Waals surface area contributed by atoms with Crippen molar-refractivity contribution in [2.24, 2.45) is 0 Å². The number of hydrogen-bond donors (Lipinski definition) is 0. The van der Waals surface area contributed by atoms with E-state index in [2.05, 4.69) is 38.1 Å². The third-order valence-electron chi connectivity index (χ3n) is 3.09. The van der Waals surface area contributed by atoms with Gasteiger partial charge in [0.1, 0.15) is 0 Å². The number of ketones is 1. The van der Waals surface area contributed by atoms with Crippen LogP contribution in [0, 0.1) is 0 Å². The van der Waals surface area contributed by atoms with E-state index in [9.17, 15) is 4.79 Å². The zero-order chi connectivity index (χ0) is 14.5. The van der Waals surface area contributed by atoms with Crippen molar-refractivity contribution in [1.82, 2.24) is 0 Å². The molecule has 0 heterocycles. The van der Waals surface area contributed by atoms with Gasteiger partial charge in [-0.3, -0.25) is 4.79 Å². The number of hydrogen-bond acceptors (Lipinski definition) is 2. The fraction of sp³-hybridized carbons (Fsp3) is 0.235. The number of halogens is 1. The first-order chi connectivity index (χ1) is 9.58. The van der Waals surface area contributed by atoms with Crippen LogP contribution in [0.2, 0.25) is 5.02 Å². The van der Waals surface area contributed by atoms with Crippen molar-refractivity contribution in [3.05, 3.63) is 64.7 Å². The lowest BCUT2D eigenvalue weighted by molar-refractivity contribution is 0.102. The third kappa shape index (κ3) is 3.87. The standard InChI is InChI=1S/C17H17ClOS/c1-12(2)13-7-9-14(10-8-13)20-11-17(19)15-5-3-4-6-16(15)18/h3-10,12H,11H2,1-2H3. The molecule has 0 saturated heterocycles. The van der Waals surface area contributed by atoms with Crippen LogP contribution in [0.5, 0.6) is 0 Å². The molecule has 0 bridgehead atoms. The van der Waals surface area contributed by atoms with Crippen molar-refractivity contribution in [3.8, 4) is 0 Å². The molecule has 0 saturated carbocycles. The maximum absolute atomic E-state index is 12.1. The van der Waals surface area contributed by atoms with Crippen molar-refractivity contribution < 1.29 is 4.79 Å². The van der Waals surface area contributed by atoms with Gasteiger partial charge in [-0.15, -0.1) is 11.8 Å². The molecular formula is C17H17ClOS. The van der Waals surface area contributed by atoms with Crippen molar-refractivity contribution >= 4 is 29.1 Å². The van der Waals surface area contributed by atoms with Gasteiger partial charge < -0.3 is 0 Å². The molecular weight excluding hydrogens is 288 g/mol. The smallest absolute Gasteiger partial charge is 0.174 e. The molecule has 3 heteroatoms. The monoisotopic (exact) mass is 304 g/mol. The van der Waals surface area contributed by atoms with Gasteiger partial charge in [0.15, 0.2) is 5.78 Å². The van der Waals surface area contributed by atoms with Crippen LogP contribution in [-0.2, 0) is 0 Å². The second-order valence-electron chi connectivity index (χ2n) is 4.92. The molecule has 0 aromatic heterocycles. The summed E-state index contributed by atoms with van der Waals surface area (Å²) in [4.78, 5) is 13.2. The molecule has 0 spiro atoms. The summed E-state index contributed by atoms with van der Waals surface area (Å²) in [5.41, 5.74) is 1.91. The first-order valence-corrected chi connectivity index (χ1v) is 7.95. The molecule has 0 aliphatic heterocycles. The molecule has 0 unspecified atom stereocenters. The van der Waals surface area contributed by atoms with Gasteiger partial charge in [-0.1, -0.05) is 49.7 Å². The molecule has 0 aliphatic rings. The Hall–Kier alpha value is -1.25. The summed E-state index contributed by atoms with van der Waals surface area (Å²) in [7, 11) is 0. The van der Waals surface area contributed by atoms with Crippen LogP contribution in [0.3, 0.4) is 0 Å². The van der Waals surface area contributed by atoms with Crippen LogP contribution in [0.25, 0.3) is 0 Å². The molecule has 0 aliphatic carbocycles. The van der Waals surface area contributed by atoms with E-state index < -0.39 is 0 Å². The maximum atomic E-state index is 12.1. The van der Waals surface area contributed by atoms with E-state index in [1.807, 2.05) is 12.1 Å². The molecule has 0 atom stereocenters. The number of benzene rings is 2. The summed E-state index contributed by atoms with van der Waals surface area (Å²) in [6.07, 6.45) is 0. The summed E-state index contributed by atoms with van der Waals surface area (Å²) in [5.74, 6) is 0.998. The summed E-state index contributed by atoms with van der Waals surface area (Å²) in [6, 6.07) is 15.6. The molecule has 104 valence electrons. The van der Waals surface area contributed by atoms with E-state index in [1.165, 1.54) is 5.56 Å². The second-order valence-corrected chi connectivity index (χ2v) is 6.37. The topological polar surface area (TPSA) is 17.1 Å². The predicted octanol–water partition coefficient (Wildman–Crippen LogP) is 5.44. The van der Waals surface area contributed by atoms with Gasteiger partial charge >= 0.3 is 0 Å². The quantitative estimate of drug-likeness (QED) is 0.540. The van der Waals surface area contributed by atoms with Gasteiger partial charge in [0, 0.05) is 10.5 Å². The Morgan fingerprint density at radius 2 is 1.75 bits per heavy atom. The zero-order valence-corrected chi connectivity index (χ0v) is 13.2. The van der Waals surface area contributed by atoms with E-state index in [-0.39, 0.29) is 5.78 Å². The SMILES string of the molecule is CC(C)c1ccc(SCC(=O)c2ccccc2Cl)cc1. The van der Waals surface area contributed by atoms with Crippen LogP contribution < -0.4 is 0 Å². The van der Waals surface area contributed by atoms with Gasteiger partial charge in [0.05, 0.1) is 10.8 Å². The Morgan fingerprint density at radius 3 is 2.35 bits per heavy atom. The molecule has 2 rings (SSSR count). The summed E-state index contributed by atoms with van der Waals surface area (Å²) >= 11 is 7.57. The number of Topliss-reactive ketones (excluding diaryl/α,β-unsaturated/α-hetero) is 1. The lowest BCUT2D eigenvalue weighted by Gasteiger charge is -2.07. The molecule has 20 heavy (non-hydrogen) atoms. The van der Waals surface area contributed by atoms with E-state index in [0.29, 0.717) is 22.3 Å². The second kappa shape index (κ2) is 6.96. The number of carbonyl (C=O) groups is 1.